The molecule has 1 saturated heterocycles. The number of halogens is 1. The van der Waals surface area contributed by atoms with Gasteiger partial charge < -0.3 is 30.1 Å². The number of β-lactam (4-membered cyclic amide) rings is 1. The molecular weight excluding hydrogens is 645 g/mol. The molecule has 0 aliphatic carbocycles. The normalized spacial score (nSPS) is 18.0. The first-order valence-electron chi connectivity index (χ1n) is 13.9. The van der Waals surface area contributed by atoms with Crippen LogP contribution in [0.5, 0.6) is 5.75 Å². The Morgan fingerprint density at radius 2 is 1.96 bits per heavy atom. The van der Waals surface area contributed by atoms with Crippen molar-refractivity contribution in [2.75, 3.05) is 24.9 Å². The van der Waals surface area contributed by atoms with Gasteiger partial charge in [-0.05, 0) is 32.9 Å². The minimum Gasteiger partial charge on any atom is -0.489 e. The summed E-state index contributed by atoms with van der Waals surface area (Å²) in [6.07, 6.45) is 0. The van der Waals surface area contributed by atoms with E-state index in [4.69, 9.17) is 24.8 Å². The SMILES string of the molecule is CC(C)C(=O)ON=C(C(=O)NC1C(=O)N2C(C(=O)OCOC(=O)C(C)(C)C)=C(COc3cccc(F)c3)CS[C@@H]12)c1csc(N)n1. The number of nitrogens with one attached hydrogen (secondary N) is 1. The van der Waals surface area contributed by atoms with E-state index in [0.717, 1.165) is 22.3 Å². The fraction of sp³-hybridized carbons (Fsp3) is 0.414. The van der Waals surface area contributed by atoms with E-state index >= 15 is 0 Å². The smallest absolute Gasteiger partial charge is 0.358 e. The van der Waals surface area contributed by atoms with E-state index in [0.29, 0.717) is 5.57 Å². The minimum atomic E-state index is -1.12. The maximum Gasteiger partial charge on any atom is 0.358 e. The van der Waals surface area contributed by atoms with E-state index in [1.54, 1.807) is 34.6 Å². The second-order valence-corrected chi connectivity index (χ2v) is 13.4. The third-order valence-corrected chi connectivity index (χ3v) is 8.42. The van der Waals surface area contributed by atoms with E-state index in [1.165, 1.54) is 35.3 Å². The number of nitrogens with two attached hydrogens (primary N) is 1. The molecule has 2 aromatic rings. The molecule has 2 atom stereocenters. The molecule has 2 amide bonds. The molecule has 0 spiro atoms. The molecule has 4 rings (SSSR count). The number of carbonyl (C=O) groups is 5. The van der Waals surface area contributed by atoms with E-state index in [-0.39, 0.29) is 40.3 Å². The fourth-order valence-corrected chi connectivity index (χ4v) is 5.81. The van der Waals surface area contributed by atoms with Crippen molar-refractivity contribution in [2.45, 2.75) is 46.0 Å². The first-order valence-corrected chi connectivity index (χ1v) is 15.8. The monoisotopic (exact) mass is 677 g/mol. The lowest BCUT2D eigenvalue weighted by Gasteiger charge is -2.49. The van der Waals surface area contributed by atoms with Crippen LogP contribution in [-0.2, 0) is 38.3 Å². The lowest BCUT2D eigenvalue weighted by atomic mass is 9.98. The van der Waals surface area contributed by atoms with Gasteiger partial charge in [0.05, 0.1) is 11.3 Å². The molecule has 14 nitrogen and oxygen atoms in total. The molecular formula is C29H32FN5O9S2. The molecule has 17 heteroatoms. The third kappa shape index (κ3) is 8.00. The molecule has 1 unspecified atom stereocenters. The first kappa shape index (κ1) is 34.4. The quantitative estimate of drug-likeness (QED) is 0.0885. The molecule has 3 heterocycles. The summed E-state index contributed by atoms with van der Waals surface area (Å²) in [7, 11) is 0. The highest BCUT2D eigenvalue weighted by atomic mass is 32.2. The Balaban J connectivity index is 1.54. The van der Waals surface area contributed by atoms with E-state index in [1.807, 2.05) is 0 Å². The second-order valence-electron chi connectivity index (χ2n) is 11.4. The van der Waals surface area contributed by atoms with Crippen molar-refractivity contribution in [3.63, 3.8) is 0 Å². The van der Waals surface area contributed by atoms with Gasteiger partial charge in [-0.2, -0.15) is 0 Å². The van der Waals surface area contributed by atoms with Crippen molar-refractivity contribution >= 4 is 63.7 Å². The summed E-state index contributed by atoms with van der Waals surface area (Å²) in [6.45, 7) is 7.16. The predicted octanol–water partition coefficient (Wildman–Crippen LogP) is 2.59. The highest BCUT2D eigenvalue weighted by Gasteiger charge is 2.55. The van der Waals surface area contributed by atoms with Gasteiger partial charge in [-0.25, -0.2) is 19.0 Å². The topological polar surface area (TPSA) is 189 Å². The number of hydrogen-bond acceptors (Lipinski definition) is 14. The number of benzene rings is 1. The molecule has 1 aromatic heterocycles. The maximum absolute atomic E-state index is 13.7. The predicted molar refractivity (Wildman–Crippen MR) is 164 cm³/mol. The molecule has 1 aromatic carbocycles. The molecule has 2 aliphatic heterocycles. The third-order valence-electron chi connectivity index (χ3n) is 6.41. The van der Waals surface area contributed by atoms with Crippen molar-refractivity contribution < 1.29 is 47.4 Å². The summed E-state index contributed by atoms with van der Waals surface area (Å²) in [5, 5.41) is 7.08. The molecule has 3 N–H and O–H groups in total. The summed E-state index contributed by atoms with van der Waals surface area (Å²) in [5.74, 6) is -4.51. The number of anilines is 1. The van der Waals surface area contributed by atoms with Gasteiger partial charge in [0.1, 0.15) is 41.0 Å². The fourth-order valence-electron chi connectivity index (χ4n) is 3.94. The Kier molecular flexibility index (Phi) is 10.7. The largest absolute Gasteiger partial charge is 0.489 e. The van der Waals surface area contributed by atoms with Crippen LogP contribution in [0, 0.1) is 17.2 Å². The summed E-state index contributed by atoms with van der Waals surface area (Å²) < 4.78 is 29.6. The van der Waals surface area contributed by atoms with Crippen LogP contribution in [0.4, 0.5) is 9.52 Å². The molecule has 1 fully saturated rings. The van der Waals surface area contributed by atoms with Gasteiger partial charge >= 0.3 is 17.9 Å². The van der Waals surface area contributed by atoms with Crippen LogP contribution in [-0.4, -0.2) is 75.9 Å². The standard InChI is InChI=1S/C29H32FN5O9S2/c1-14(2)25(38)44-34-19(18-12-46-28(31)32-18)22(36)33-20-23(37)35-21(26(39)42-13-43-27(40)29(3,4)5)15(11-45-24(20)35)10-41-17-8-6-7-16(30)9-17/h6-9,12,14,20,24H,10-11,13H2,1-5H3,(H2,31,32)(H,33,36)/t20?,24-/m0/s1. The Morgan fingerprint density at radius 3 is 2.59 bits per heavy atom. The van der Waals surface area contributed by atoms with Crippen LogP contribution < -0.4 is 15.8 Å². The van der Waals surface area contributed by atoms with Crippen molar-refractivity contribution in [1.82, 2.24) is 15.2 Å². The number of aromatic nitrogens is 1. The Morgan fingerprint density at radius 1 is 1.22 bits per heavy atom. The number of thiazole rings is 1. The van der Waals surface area contributed by atoms with Gasteiger partial charge in [-0.1, -0.05) is 25.1 Å². The van der Waals surface area contributed by atoms with Crippen LogP contribution >= 0.6 is 23.1 Å². The summed E-state index contributed by atoms with van der Waals surface area (Å²) >= 11 is 2.26. The number of oxime groups is 1. The minimum absolute atomic E-state index is 0.0298. The van der Waals surface area contributed by atoms with Crippen LogP contribution in [0.15, 0.2) is 46.1 Å². The van der Waals surface area contributed by atoms with E-state index in [9.17, 15) is 28.4 Å². The summed E-state index contributed by atoms with van der Waals surface area (Å²) in [6, 6.07) is 4.27. The molecule has 246 valence electrons. The molecule has 2 aliphatic rings. The number of hydrogen-bond donors (Lipinski definition) is 2. The Labute approximate surface area is 271 Å². The zero-order chi connectivity index (χ0) is 33.8. The number of thioether (sulfide) groups is 1. The number of rotatable bonds is 11. The first-order chi connectivity index (χ1) is 21.7. The average Bonchev–Trinajstić information content (AvgIpc) is 3.43. The lowest BCUT2D eigenvalue weighted by Crippen LogP contribution is -2.71. The Hall–Kier alpha value is -4.51. The van der Waals surface area contributed by atoms with Gasteiger partial charge in [0.2, 0.25) is 6.79 Å². The highest BCUT2D eigenvalue weighted by molar-refractivity contribution is 8.00. The number of nitrogen functional groups attached to an aromatic ring is 1. The summed E-state index contributed by atoms with van der Waals surface area (Å²) in [5.41, 5.74) is 4.70. The van der Waals surface area contributed by atoms with Crippen LogP contribution in [0.1, 0.15) is 40.3 Å². The van der Waals surface area contributed by atoms with Crippen LogP contribution in [0.2, 0.25) is 0 Å². The number of ether oxygens (including phenoxy) is 3. The number of esters is 2. The molecule has 46 heavy (non-hydrogen) atoms. The maximum atomic E-state index is 13.7. The Bertz CT molecular complexity index is 1600. The van der Waals surface area contributed by atoms with E-state index < -0.39 is 65.1 Å². The van der Waals surface area contributed by atoms with Gasteiger partial charge in [0, 0.05) is 22.8 Å². The van der Waals surface area contributed by atoms with Crippen molar-refractivity contribution in [3.05, 3.63) is 52.4 Å². The zero-order valence-electron chi connectivity index (χ0n) is 25.5. The molecule has 0 saturated carbocycles. The van der Waals surface area contributed by atoms with Crippen molar-refractivity contribution in [3.8, 4) is 5.75 Å². The molecule has 0 radical (unpaired) electrons. The van der Waals surface area contributed by atoms with Crippen LogP contribution in [0.25, 0.3) is 0 Å². The summed E-state index contributed by atoms with van der Waals surface area (Å²) in [4.78, 5) is 74.3. The van der Waals surface area contributed by atoms with Gasteiger partial charge in [-0.3, -0.25) is 19.3 Å². The van der Waals surface area contributed by atoms with Crippen molar-refractivity contribution in [1.29, 1.82) is 0 Å². The number of nitrogens with zero attached hydrogens (tertiary/aromatic N) is 3. The van der Waals surface area contributed by atoms with Gasteiger partial charge in [0.25, 0.3) is 11.8 Å². The highest BCUT2D eigenvalue weighted by Crippen LogP contribution is 2.41. The lowest BCUT2D eigenvalue weighted by molar-refractivity contribution is -0.173. The number of fused-ring (bicyclic) bond motifs is 1. The van der Waals surface area contributed by atoms with Crippen molar-refractivity contribution in [2.24, 2.45) is 16.5 Å². The van der Waals surface area contributed by atoms with Gasteiger partial charge in [0.15, 0.2) is 10.8 Å². The van der Waals surface area contributed by atoms with Gasteiger partial charge in [-0.15, -0.1) is 23.1 Å². The van der Waals surface area contributed by atoms with Crippen LogP contribution in [0.3, 0.4) is 0 Å². The number of amides is 2. The second kappa shape index (κ2) is 14.3. The molecule has 0 bridgehead atoms. The zero-order valence-corrected chi connectivity index (χ0v) is 27.2. The number of carbonyl (C=O) groups excluding carboxylic acids is 5. The average molecular weight is 678 g/mol. The van der Waals surface area contributed by atoms with E-state index in [2.05, 4.69) is 15.5 Å².